The Hall–Kier alpha value is -4.52. The van der Waals surface area contributed by atoms with Crippen LogP contribution in [0, 0.1) is 0 Å². The van der Waals surface area contributed by atoms with Crippen molar-refractivity contribution in [2.75, 3.05) is 13.2 Å². The minimum atomic E-state index is -0.446. The van der Waals surface area contributed by atoms with Crippen LogP contribution in [-0.4, -0.2) is 13.2 Å². The number of benzene rings is 4. The van der Waals surface area contributed by atoms with Crippen LogP contribution in [0.5, 0.6) is 11.5 Å². The van der Waals surface area contributed by atoms with E-state index in [2.05, 4.69) is 0 Å². The lowest BCUT2D eigenvalue weighted by Gasteiger charge is -2.10. The molecule has 0 fully saturated rings. The third-order valence-corrected chi connectivity index (χ3v) is 6.85. The van der Waals surface area contributed by atoms with Crippen molar-refractivity contribution in [2.45, 2.75) is 0 Å². The molecule has 8 heteroatoms. The molecule has 0 aliphatic rings. The van der Waals surface area contributed by atoms with Gasteiger partial charge in [-0.3, -0.25) is 0 Å². The van der Waals surface area contributed by atoms with Crippen LogP contribution in [0.3, 0.4) is 0 Å². The van der Waals surface area contributed by atoms with E-state index >= 15 is 0 Å². The first kappa shape index (κ1) is 25.7. The normalized spacial score (nSPS) is 11.2. The summed E-state index contributed by atoms with van der Waals surface area (Å²) < 4.78 is 22.7. The largest absolute Gasteiger partial charge is 0.490 e. The molecule has 0 unspecified atom stereocenters. The highest BCUT2D eigenvalue weighted by Crippen LogP contribution is 2.27. The van der Waals surface area contributed by atoms with Gasteiger partial charge in [0.05, 0.1) is 11.1 Å². The zero-order chi connectivity index (χ0) is 27.6. The molecule has 4 aromatic carbocycles. The van der Waals surface area contributed by atoms with E-state index in [0.717, 1.165) is 21.9 Å². The molecule has 0 aliphatic carbocycles. The zero-order valence-electron chi connectivity index (χ0n) is 20.9. The Bertz CT molecular complexity index is 1810. The molecule has 0 atom stereocenters. The Balaban J connectivity index is 1.11. The Labute approximate surface area is 237 Å². The number of rotatable bonds is 7. The zero-order valence-corrected chi connectivity index (χ0v) is 22.4. The predicted octanol–water partition coefficient (Wildman–Crippen LogP) is 8.00. The molecule has 0 spiro atoms. The molecule has 0 aliphatic heterocycles. The van der Waals surface area contributed by atoms with E-state index in [4.69, 9.17) is 41.5 Å². The number of hydrogen-bond acceptors (Lipinski definition) is 6. The summed E-state index contributed by atoms with van der Waals surface area (Å²) in [6.45, 7) is 0.492. The summed E-state index contributed by atoms with van der Waals surface area (Å²) in [6.07, 6.45) is 0. The molecule has 0 saturated heterocycles. The van der Waals surface area contributed by atoms with E-state index in [1.54, 1.807) is 84.9 Å². The average molecular weight is 571 g/mol. The number of hydrogen-bond donors (Lipinski definition) is 0. The summed E-state index contributed by atoms with van der Waals surface area (Å²) in [5.74, 6) is 1.08. The highest BCUT2D eigenvalue weighted by Gasteiger charge is 2.11. The third-order valence-electron chi connectivity index (χ3n) is 6.35. The van der Waals surface area contributed by atoms with Gasteiger partial charge in [-0.25, -0.2) is 9.59 Å². The van der Waals surface area contributed by atoms with Crippen molar-refractivity contribution in [3.63, 3.8) is 0 Å². The molecule has 6 nitrogen and oxygen atoms in total. The lowest BCUT2D eigenvalue weighted by molar-refractivity contribution is 0.217. The fraction of sp³-hybridized carbons (Fsp3) is 0.0625. The molecule has 2 aromatic heterocycles. The molecule has 0 saturated carbocycles. The quantitative estimate of drug-likeness (QED) is 0.143. The Morgan fingerprint density at radius 3 is 1.32 bits per heavy atom. The summed E-state index contributed by atoms with van der Waals surface area (Å²) in [4.78, 5) is 25.1. The van der Waals surface area contributed by atoms with Crippen molar-refractivity contribution in [2.24, 2.45) is 0 Å². The van der Waals surface area contributed by atoms with Gasteiger partial charge in [0, 0.05) is 33.0 Å². The van der Waals surface area contributed by atoms with Gasteiger partial charge in [-0.2, -0.15) is 0 Å². The summed E-state index contributed by atoms with van der Waals surface area (Å²) in [7, 11) is 0. The maximum Gasteiger partial charge on any atom is 0.344 e. The van der Waals surface area contributed by atoms with Crippen LogP contribution in [0.1, 0.15) is 0 Å². The summed E-state index contributed by atoms with van der Waals surface area (Å²) >= 11 is 11.9. The lowest BCUT2D eigenvalue weighted by atomic mass is 10.1. The van der Waals surface area contributed by atoms with Crippen molar-refractivity contribution in [3.05, 3.63) is 128 Å². The molecule has 0 N–H and O–H groups in total. The maximum atomic E-state index is 12.6. The monoisotopic (exact) mass is 570 g/mol. The summed E-state index contributed by atoms with van der Waals surface area (Å²) in [5.41, 5.74) is 2.32. The van der Waals surface area contributed by atoms with E-state index in [1.807, 2.05) is 12.1 Å². The molecule has 198 valence electrons. The molecule has 2 heterocycles. The summed E-state index contributed by atoms with van der Waals surface area (Å²) in [5, 5.41) is 2.72. The van der Waals surface area contributed by atoms with E-state index in [1.165, 1.54) is 0 Å². The number of halogens is 2. The van der Waals surface area contributed by atoms with Crippen LogP contribution in [0.15, 0.2) is 115 Å². The van der Waals surface area contributed by atoms with E-state index in [-0.39, 0.29) is 13.2 Å². The van der Waals surface area contributed by atoms with Crippen molar-refractivity contribution in [1.29, 1.82) is 0 Å². The van der Waals surface area contributed by atoms with E-state index in [0.29, 0.717) is 43.8 Å². The lowest BCUT2D eigenvalue weighted by Crippen LogP contribution is -2.09. The van der Waals surface area contributed by atoms with Gasteiger partial charge in [-0.1, -0.05) is 47.5 Å². The predicted molar refractivity (Wildman–Crippen MR) is 157 cm³/mol. The fourth-order valence-corrected chi connectivity index (χ4v) is 4.60. The number of ether oxygens (including phenoxy) is 2. The van der Waals surface area contributed by atoms with Gasteiger partial charge in [0.25, 0.3) is 0 Å². The van der Waals surface area contributed by atoms with Gasteiger partial charge in [-0.15, -0.1) is 0 Å². The van der Waals surface area contributed by atoms with Crippen molar-refractivity contribution < 1.29 is 18.3 Å². The van der Waals surface area contributed by atoms with Crippen molar-refractivity contribution in [1.82, 2.24) is 0 Å². The van der Waals surface area contributed by atoms with Crippen molar-refractivity contribution >= 4 is 45.1 Å². The first-order valence-electron chi connectivity index (χ1n) is 12.4. The molecule has 40 heavy (non-hydrogen) atoms. The fourth-order valence-electron chi connectivity index (χ4n) is 4.34. The van der Waals surface area contributed by atoms with Crippen LogP contribution in [0.25, 0.3) is 44.2 Å². The molecular formula is C32H20Cl2O6. The molecule has 0 amide bonds. The SMILES string of the molecule is O=c1oc2cc(OCCOc3ccc4cc(-c5ccc(Cl)cc5)c(=O)oc4c3)ccc2cc1-c1ccc(Cl)cc1. The first-order valence-corrected chi connectivity index (χ1v) is 13.1. The van der Waals surface area contributed by atoms with E-state index in [9.17, 15) is 9.59 Å². The topological polar surface area (TPSA) is 78.9 Å². The maximum absolute atomic E-state index is 12.6. The van der Waals surface area contributed by atoms with Crippen LogP contribution >= 0.6 is 23.2 Å². The van der Waals surface area contributed by atoms with Crippen LogP contribution in [0.4, 0.5) is 0 Å². The average Bonchev–Trinajstić information content (AvgIpc) is 2.95. The minimum Gasteiger partial charge on any atom is -0.490 e. The van der Waals surface area contributed by atoms with Gasteiger partial charge in [0.1, 0.15) is 35.9 Å². The smallest absolute Gasteiger partial charge is 0.344 e. The van der Waals surface area contributed by atoms with Gasteiger partial charge < -0.3 is 18.3 Å². The Morgan fingerprint density at radius 1 is 0.525 bits per heavy atom. The highest BCUT2D eigenvalue weighted by molar-refractivity contribution is 6.30. The van der Waals surface area contributed by atoms with Crippen LogP contribution < -0.4 is 20.7 Å². The molecule has 6 aromatic rings. The number of fused-ring (bicyclic) bond motifs is 2. The standard InChI is InChI=1S/C32H20Cl2O6/c33-23-7-1-19(2-8-23)27-15-21-5-11-25(17-29(21)39-31(27)35)37-13-14-38-26-12-6-22-16-28(32(36)40-30(22)18-26)20-3-9-24(34)10-4-20/h1-12,15-18H,13-14H2. The van der Waals surface area contributed by atoms with Gasteiger partial charge in [0.15, 0.2) is 0 Å². The van der Waals surface area contributed by atoms with Crippen LogP contribution in [0.2, 0.25) is 10.0 Å². The Morgan fingerprint density at radius 2 is 0.925 bits per heavy atom. The first-order chi connectivity index (χ1) is 19.4. The summed E-state index contributed by atoms with van der Waals surface area (Å²) in [6, 6.07) is 28.2. The van der Waals surface area contributed by atoms with Crippen molar-refractivity contribution in [3.8, 4) is 33.8 Å². The molecule has 0 radical (unpaired) electrons. The highest BCUT2D eigenvalue weighted by atomic mass is 35.5. The van der Waals surface area contributed by atoms with Gasteiger partial charge >= 0.3 is 11.3 Å². The Kier molecular flexibility index (Phi) is 7.03. The van der Waals surface area contributed by atoms with Gasteiger partial charge in [-0.05, 0) is 71.8 Å². The second-order valence-corrected chi connectivity index (χ2v) is 9.88. The minimum absolute atomic E-state index is 0.246. The second-order valence-electron chi connectivity index (χ2n) is 9.01. The van der Waals surface area contributed by atoms with E-state index < -0.39 is 11.3 Å². The van der Waals surface area contributed by atoms with Gasteiger partial charge in [0.2, 0.25) is 0 Å². The molecular weight excluding hydrogens is 551 g/mol. The molecule has 6 rings (SSSR count). The molecule has 0 bridgehead atoms. The van der Waals surface area contributed by atoms with Crippen LogP contribution in [-0.2, 0) is 0 Å². The third kappa shape index (κ3) is 5.45. The second kappa shape index (κ2) is 10.9.